The zero-order chi connectivity index (χ0) is 15.3. The van der Waals surface area contributed by atoms with Crippen molar-refractivity contribution in [1.82, 2.24) is 4.90 Å². The number of benzene rings is 1. The first-order valence-electron chi connectivity index (χ1n) is 6.61. The third-order valence-corrected chi connectivity index (χ3v) is 2.36. The molecular weight excluding hydrogens is 248 g/mol. The molecule has 0 aliphatic carbocycles. The van der Waals surface area contributed by atoms with E-state index in [-0.39, 0.29) is 0 Å². The lowest BCUT2D eigenvalue weighted by atomic mass is 10.2. The fourth-order valence-corrected chi connectivity index (χ4v) is 1.02. The molecule has 0 amide bonds. The number of likely N-dealkylation sites (N-methyl/N-ethyl adjacent to an activating group) is 1. The summed E-state index contributed by atoms with van der Waals surface area (Å²) in [5.41, 5.74) is 0.343. The summed E-state index contributed by atoms with van der Waals surface area (Å²) in [7, 11) is 3.81. The maximum Gasteiger partial charge on any atom is 0.161 e. The van der Waals surface area contributed by atoms with Gasteiger partial charge in [0.1, 0.15) is 0 Å². The largest absolute Gasteiger partial charge is 0.383 e. The highest BCUT2D eigenvalue weighted by molar-refractivity contribution is 5.16. The molecule has 0 bridgehead atoms. The van der Waals surface area contributed by atoms with Gasteiger partial charge in [0, 0.05) is 13.7 Å². The van der Waals surface area contributed by atoms with Gasteiger partial charge in [-0.05, 0) is 32.1 Å². The molecule has 0 saturated carbocycles. The van der Waals surface area contributed by atoms with E-state index in [4.69, 9.17) is 4.74 Å². The first-order valence-corrected chi connectivity index (χ1v) is 6.61. The molecule has 1 rings (SSSR count). The zero-order valence-electron chi connectivity index (χ0n) is 13.0. The van der Waals surface area contributed by atoms with E-state index >= 15 is 0 Å². The Hall–Kier alpha value is -1.00. The number of methoxy groups -OCH3 is 1. The van der Waals surface area contributed by atoms with Crippen molar-refractivity contribution in [1.29, 1.82) is 0 Å². The van der Waals surface area contributed by atoms with E-state index in [9.17, 15) is 8.78 Å². The summed E-state index contributed by atoms with van der Waals surface area (Å²) in [4.78, 5) is 2.21. The predicted octanol–water partition coefficient (Wildman–Crippen LogP) is 3.88. The minimum absolute atomic E-state index is 0.343. The smallest absolute Gasteiger partial charge is 0.161 e. The zero-order valence-corrected chi connectivity index (χ0v) is 13.0. The maximum atomic E-state index is 12.4. The average Bonchev–Trinajstić information content (AvgIpc) is 2.45. The van der Waals surface area contributed by atoms with Crippen molar-refractivity contribution in [2.24, 2.45) is 0 Å². The lowest BCUT2D eigenvalue weighted by Gasteiger charge is -2.11. The lowest BCUT2D eigenvalue weighted by Crippen LogP contribution is -2.21. The fraction of sp³-hybridized carbons (Fsp3) is 0.600. The van der Waals surface area contributed by atoms with Gasteiger partial charge in [0.2, 0.25) is 0 Å². The van der Waals surface area contributed by atoms with Gasteiger partial charge in [-0.2, -0.15) is 0 Å². The first-order chi connectivity index (χ1) is 9.02. The van der Waals surface area contributed by atoms with Gasteiger partial charge >= 0.3 is 0 Å². The van der Waals surface area contributed by atoms with Crippen LogP contribution in [0.15, 0.2) is 18.2 Å². The molecule has 112 valence electrons. The van der Waals surface area contributed by atoms with Crippen LogP contribution in [0.5, 0.6) is 0 Å². The fourth-order valence-electron chi connectivity index (χ4n) is 1.02. The number of nitrogens with zero attached hydrogens (tertiary/aromatic N) is 1. The van der Waals surface area contributed by atoms with E-state index in [1.54, 1.807) is 7.11 Å². The maximum absolute atomic E-state index is 12.4. The van der Waals surface area contributed by atoms with Crippen LogP contribution in [-0.4, -0.2) is 38.8 Å². The third-order valence-electron chi connectivity index (χ3n) is 2.36. The molecular formula is C15H27F2NO. The Morgan fingerprint density at radius 3 is 2.16 bits per heavy atom. The molecule has 0 spiro atoms. The molecule has 0 atom stereocenters. The van der Waals surface area contributed by atoms with E-state index < -0.39 is 11.6 Å². The standard InChI is InChI=1S/C7H6F2.C6H15NO.C2H6/c1-5-3-2-4-6(8)7(5)9;1-4-7(2)5-6-8-3;1-2/h2-4H,1H3;4-6H2,1-3H3;1-2H3. The highest BCUT2D eigenvalue weighted by Gasteiger charge is 2.00. The van der Waals surface area contributed by atoms with Crippen LogP contribution in [0, 0.1) is 18.6 Å². The third kappa shape index (κ3) is 10.6. The lowest BCUT2D eigenvalue weighted by molar-refractivity contribution is 0.164. The Kier molecular flexibility index (Phi) is 14.4. The van der Waals surface area contributed by atoms with Crippen molar-refractivity contribution in [3.63, 3.8) is 0 Å². The summed E-state index contributed by atoms with van der Waals surface area (Å²) in [6.07, 6.45) is 0. The summed E-state index contributed by atoms with van der Waals surface area (Å²) in [5, 5.41) is 0. The van der Waals surface area contributed by atoms with Gasteiger partial charge in [-0.25, -0.2) is 8.78 Å². The summed E-state index contributed by atoms with van der Waals surface area (Å²) in [5.74, 6) is -1.53. The van der Waals surface area contributed by atoms with Gasteiger partial charge in [-0.3, -0.25) is 0 Å². The van der Waals surface area contributed by atoms with E-state index in [0.29, 0.717) is 5.56 Å². The molecule has 0 aliphatic rings. The Morgan fingerprint density at radius 2 is 1.79 bits per heavy atom. The number of ether oxygens (including phenoxy) is 1. The number of hydrogen-bond acceptors (Lipinski definition) is 2. The highest BCUT2D eigenvalue weighted by atomic mass is 19.2. The number of aryl methyl sites for hydroxylation is 1. The van der Waals surface area contributed by atoms with Crippen LogP contribution in [0.3, 0.4) is 0 Å². The molecule has 0 N–H and O–H groups in total. The molecule has 1 aromatic carbocycles. The SMILES string of the molecule is CC.CCN(C)CCOC.Cc1cccc(F)c1F. The number of halogens is 2. The van der Waals surface area contributed by atoms with Crippen LogP contribution in [-0.2, 0) is 4.74 Å². The monoisotopic (exact) mass is 275 g/mol. The normalized spacial score (nSPS) is 9.32. The Labute approximate surface area is 116 Å². The van der Waals surface area contributed by atoms with Crippen LogP contribution >= 0.6 is 0 Å². The average molecular weight is 275 g/mol. The van der Waals surface area contributed by atoms with Crippen LogP contribution in [0.4, 0.5) is 8.78 Å². The van der Waals surface area contributed by atoms with Crippen LogP contribution in [0.1, 0.15) is 26.3 Å². The van der Waals surface area contributed by atoms with Gasteiger partial charge < -0.3 is 9.64 Å². The molecule has 1 aromatic rings. The summed E-state index contributed by atoms with van der Waals surface area (Å²) >= 11 is 0. The van der Waals surface area contributed by atoms with E-state index in [2.05, 4.69) is 18.9 Å². The quantitative estimate of drug-likeness (QED) is 0.826. The van der Waals surface area contributed by atoms with Crippen molar-refractivity contribution >= 4 is 0 Å². The van der Waals surface area contributed by atoms with Gasteiger partial charge in [0.25, 0.3) is 0 Å². The minimum atomic E-state index is -0.782. The molecule has 4 heteroatoms. The second-order valence-electron chi connectivity index (χ2n) is 3.76. The van der Waals surface area contributed by atoms with Gasteiger partial charge in [-0.15, -0.1) is 0 Å². The van der Waals surface area contributed by atoms with Crippen LogP contribution in [0.25, 0.3) is 0 Å². The predicted molar refractivity (Wildman–Crippen MR) is 77.5 cm³/mol. The van der Waals surface area contributed by atoms with Crippen molar-refractivity contribution < 1.29 is 13.5 Å². The van der Waals surface area contributed by atoms with Crippen molar-refractivity contribution in [3.05, 3.63) is 35.4 Å². The molecule has 2 nitrogen and oxygen atoms in total. The molecule has 0 aliphatic heterocycles. The van der Waals surface area contributed by atoms with Gasteiger partial charge in [-0.1, -0.05) is 32.9 Å². The molecule has 19 heavy (non-hydrogen) atoms. The van der Waals surface area contributed by atoms with E-state index in [1.807, 2.05) is 13.8 Å². The van der Waals surface area contributed by atoms with Crippen molar-refractivity contribution in [3.8, 4) is 0 Å². The number of hydrogen-bond donors (Lipinski definition) is 0. The minimum Gasteiger partial charge on any atom is -0.383 e. The second kappa shape index (κ2) is 13.4. The van der Waals surface area contributed by atoms with Gasteiger partial charge in [0.15, 0.2) is 11.6 Å². The van der Waals surface area contributed by atoms with Gasteiger partial charge in [0.05, 0.1) is 6.61 Å². The highest BCUT2D eigenvalue weighted by Crippen LogP contribution is 2.08. The van der Waals surface area contributed by atoms with Crippen LogP contribution in [0.2, 0.25) is 0 Å². The first kappa shape index (κ1) is 20.3. The molecule has 0 fully saturated rings. The topological polar surface area (TPSA) is 12.5 Å². The van der Waals surface area contributed by atoms with E-state index in [1.165, 1.54) is 19.1 Å². The Morgan fingerprint density at radius 1 is 1.21 bits per heavy atom. The van der Waals surface area contributed by atoms with E-state index in [0.717, 1.165) is 25.8 Å². The molecule has 0 heterocycles. The second-order valence-corrected chi connectivity index (χ2v) is 3.76. The Balaban J connectivity index is 0. The summed E-state index contributed by atoms with van der Waals surface area (Å²) < 4.78 is 29.4. The summed E-state index contributed by atoms with van der Waals surface area (Å²) in [6.45, 7) is 10.6. The number of rotatable bonds is 4. The molecule has 0 radical (unpaired) electrons. The van der Waals surface area contributed by atoms with Crippen LogP contribution < -0.4 is 0 Å². The Bertz CT molecular complexity index is 299. The van der Waals surface area contributed by atoms with Crippen molar-refractivity contribution in [2.45, 2.75) is 27.7 Å². The molecule has 0 unspecified atom stereocenters. The molecule has 0 aromatic heterocycles. The summed E-state index contributed by atoms with van der Waals surface area (Å²) in [6, 6.07) is 4.11. The molecule has 0 saturated heterocycles. The van der Waals surface area contributed by atoms with Crippen molar-refractivity contribution in [2.75, 3.05) is 33.9 Å².